The summed E-state index contributed by atoms with van der Waals surface area (Å²) in [6.45, 7) is 1.34. The van der Waals surface area contributed by atoms with Gasteiger partial charge >= 0.3 is 6.18 Å². The summed E-state index contributed by atoms with van der Waals surface area (Å²) in [5, 5.41) is 3.45. The number of halogens is 3. The Labute approximate surface area is 91.5 Å². The number of alkyl halides is 3. The molecule has 1 aromatic carbocycles. The first-order valence-electron chi connectivity index (χ1n) is 4.48. The van der Waals surface area contributed by atoms with Gasteiger partial charge < -0.3 is 10.6 Å². The lowest BCUT2D eigenvalue weighted by Gasteiger charge is -2.12. The standard InChI is InChI=1S/C9H10BF3N2O/c1-5-2-8(16-15-4-10)7(14)3-6(5)9(11,12)13/h2-4H,10,14H2,1H3. The van der Waals surface area contributed by atoms with Gasteiger partial charge in [-0.15, -0.1) is 5.16 Å². The Hall–Kier alpha value is -1.66. The molecule has 0 amide bonds. The van der Waals surface area contributed by atoms with Crippen LogP contribution in [0.25, 0.3) is 0 Å². The fourth-order valence-electron chi connectivity index (χ4n) is 1.19. The van der Waals surface area contributed by atoms with Gasteiger partial charge in [-0.2, -0.15) is 13.2 Å². The van der Waals surface area contributed by atoms with Crippen molar-refractivity contribution in [1.29, 1.82) is 0 Å². The number of benzene rings is 1. The molecule has 0 heterocycles. The van der Waals surface area contributed by atoms with E-state index >= 15 is 0 Å². The maximum atomic E-state index is 12.5. The molecule has 0 spiro atoms. The highest BCUT2D eigenvalue weighted by Gasteiger charge is 2.33. The summed E-state index contributed by atoms with van der Waals surface area (Å²) in [4.78, 5) is 4.81. The Morgan fingerprint density at radius 1 is 1.44 bits per heavy atom. The second kappa shape index (κ2) is 4.46. The molecule has 0 saturated heterocycles. The molecule has 2 N–H and O–H groups in total. The molecule has 7 heteroatoms. The largest absolute Gasteiger partial charge is 0.416 e. The van der Waals surface area contributed by atoms with E-state index in [2.05, 4.69) is 5.16 Å². The number of nitrogens with zero attached hydrogens (tertiary/aromatic N) is 1. The average molecular weight is 230 g/mol. The quantitative estimate of drug-likeness (QED) is 0.362. The average Bonchev–Trinajstić information content (AvgIpc) is 2.17. The summed E-state index contributed by atoms with van der Waals surface area (Å²) in [5.41, 5.74) is 4.61. The van der Waals surface area contributed by atoms with Crippen molar-refractivity contribution in [3.63, 3.8) is 0 Å². The molecule has 0 aliphatic rings. The zero-order valence-electron chi connectivity index (χ0n) is 8.80. The predicted molar refractivity (Wildman–Crippen MR) is 58.3 cm³/mol. The van der Waals surface area contributed by atoms with Crippen LogP contribution >= 0.6 is 0 Å². The van der Waals surface area contributed by atoms with Gasteiger partial charge in [0.05, 0.1) is 11.3 Å². The van der Waals surface area contributed by atoms with E-state index in [4.69, 9.17) is 10.6 Å². The first-order valence-corrected chi connectivity index (χ1v) is 4.48. The Morgan fingerprint density at radius 2 is 2.06 bits per heavy atom. The number of oxime groups is 1. The highest BCUT2D eigenvalue weighted by atomic mass is 19.4. The highest BCUT2D eigenvalue weighted by molar-refractivity contribution is 6.49. The minimum atomic E-state index is -4.41. The number of nitrogen functional groups attached to an aromatic ring is 1. The minimum Gasteiger partial charge on any atom is -0.396 e. The number of hydrogen-bond donors (Lipinski definition) is 1. The van der Waals surface area contributed by atoms with Crippen molar-refractivity contribution < 1.29 is 18.0 Å². The highest BCUT2D eigenvalue weighted by Crippen LogP contribution is 2.36. The van der Waals surface area contributed by atoms with E-state index < -0.39 is 11.7 Å². The van der Waals surface area contributed by atoms with Crippen LogP contribution in [0.2, 0.25) is 0 Å². The van der Waals surface area contributed by atoms with Crippen LogP contribution in [-0.4, -0.2) is 14.0 Å². The van der Waals surface area contributed by atoms with E-state index in [1.165, 1.54) is 19.1 Å². The third-order valence-corrected chi connectivity index (χ3v) is 1.92. The van der Waals surface area contributed by atoms with Crippen LogP contribution in [0.1, 0.15) is 11.1 Å². The van der Waals surface area contributed by atoms with Gasteiger partial charge in [0.1, 0.15) is 0 Å². The summed E-state index contributed by atoms with van der Waals surface area (Å²) >= 11 is 0. The molecular weight excluding hydrogens is 220 g/mol. The summed E-state index contributed by atoms with van der Waals surface area (Å²) in [5.74, 6) is 0.114. The van der Waals surface area contributed by atoms with Crippen molar-refractivity contribution in [3.05, 3.63) is 23.3 Å². The van der Waals surface area contributed by atoms with Crippen molar-refractivity contribution in [2.24, 2.45) is 5.16 Å². The summed E-state index contributed by atoms with van der Waals surface area (Å²) in [6, 6.07) is 2.06. The minimum absolute atomic E-state index is 0.0444. The molecule has 0 aliphatic carbocycles. The van der Waals surface area contributed by atoms with Gasteiger partial charge in [0.15, 0.2) is 13.6 Å². The lowest BCUT2D eigenvalue weighted by atomic mass is 10.1. The molecule has 86 valence electrons. The first-order chi connectivity index (χ1) is 7.36. The van der Waals surface area contributed by atoms with Crippen LogP contribution in [0.5, 0.6) is 5.75 Å². The lowest BCUT2D eigenvalue weighted by Crippen LogP contribution is -2.08. The molecule has 0 atom stereocenters. The van der Waals surface area contributed by atoms with Crippen molar-refractivity contribution >= 4 is 19.6 Å². The van der Waals surface area contributed by atoms with Gasteiger partial charge in [-0.1, -0.05) is 0 Å². The smallest absolute Gasteiger partial charge is 0.396 e. The second-order valence-electron chi connectivity index (χ2n) is 3.16. The normalized spacial score (nSPS) is 12.0. The van der Waals surface area contributed by atoms with Crippen LogP contribution in [0.15, 0.2) is 17.3 Å². The molecule has 0 aromatic heterocycles. The van der Waals surface area contributed by atoms with Crippen molar-refractivity contribution in [2.75, 3.05) is 5.73 Å². The Kier molecular flexibility index (Phi) is 3.46. The molecular formula is C9H10BF3N2O. The molecule has 0 fully saturated rings. The SMILES string of the molecule is BC=NOc1cc(C)c(C(F)(F)F)cc1N. The van der Waals surface area contributed by atoms with Crippen LogP contribution in [-0.2, 0) is 6.18 Å². The number of nitrogens with two attached hydrogens (primary N) is 1. The monoisotopic (exact) mass is 230 g/mol. The van der Waals surface area contributed by atoms with E-state index in [0.717, 1.165) is 6.07 Å². The molecule has 0 unspecified atom stereocenters. The van der Waals surface area contributed by atoms with Gasteiger partial charge in [0.25, 0.3) is 0 Å². The lowest BCUT2D eigenvalue weighted by molar-refractivity contribution is -0.138. The second-order valence-corrected chi connectivity index (χ2v) is 3.16. The van der Waals surface area contributed by atoms with Crippen LogP contribution in [0.3, 0.4) is 0 Å². The van der Waals surface area contributed by atoms with Crippen LogP contribution in [0.4, 0.5) is 18.9 Å². The Balaban J connectivity index is 3.17. The first kappa shape index (κ1) is 12.4. The van der Waals surface area contributed by atoms with Crippen LogP contribution in [0, 0.1) is 6.92 Å². The Morgan fingerprint density at radius 3 is 2.56 bits per heavy atom. The number of aryl methyl sites for hydroxylation is 1. The Bertz CT molecular complexity index is 418. The summed E-state index contributed by atoms with van der Waals surface area (Å²) in [6.07, 6.45) is -3.04. The molecule has 16 heavy (non-hydrogen) atoms. The van der Waals surface area contributed by atoms with E-state index in [1.807, 2.05) is 0 Å². The number of hydrogen-bond acceptors (Lipinski definition) is 3. The zero-order valence-corrected chi connectivity index (χ0v) is 8.80. The molecule has 0 aliphatic heterocycles. The van der Waals surface area contributed by atoms with Gasteiger partial charge in [0.2, 0.25) is 0 Å². The molecule has 0 saturated carbocycles. The van der Waals surface area contributed by atoms with Gasteiger partial charge in [-0.3, -0.25) is 0 Å². The zero-order chi connectivity index (χ0) is 12.3. The van der Waals surface area contributed by atoms with Gasteiger partial charge in [-0.25, -0.2) is 0 Å². The molecule has 1 aromatic rings. The van der Waals surface area contributed by atoms with E-state index in [-0.39, 0.29) is 17.0 Å². The fourth-order valence-corrected chi connectivity index (χ4v) is 1.19. The maximum absolute atomic E-state index is 12.5. The third kappa shape index (κ3) is 2.68. The molecule has 0 radical (unpaired) electrons. The van der Waals surface area contributed by atoms with Crippen molar-refractivity contribution in [2.45, 2.75) is 13.1 Å². The summed E-state index contributed by atoms with van der Waals surface area (Å²) < 4.78 is 37.5. The van der Waals surface area contributed by atoms with Crippen molar-refractivity contribution in [1.82, 2.24) is 0 Å². The summed E-state index contributed by atoms with van der Waals surface area (Å²) in [7, 11) is 1.62. The third-order valence-electron chi connectivity index (χ3n) is 1.92. The number of rotatable bonds is 2. The number of anilines is 1. The predicted octanol–water partition coefficient (Wildman–Crippen LogP) is 1.55. The van der Waals surface area contributed by atoms with E-state index in [0.29, 0.717) is 0 Å². The van der Waals surface area contributed by atoms with Gasteiger partial charge in [0, 0.05) is 0 Å². The van der Waals surface area contributed by atoms with Crippen molar-refractivity contribution in [3.8, 4) is 5.75 Å². The van der Waals surface area contributed by atoms with E-state index in [9.17, 15) is 13.2 Å². The molecule has 3 nitrogen and oxygen atoms in total. The van der Waals surface area contributed by atoms with Gasteiger partial charge in [-0.05, 0) is 30.7 Å². The molecule has 0 bridgehead atoms. The maximum Gasteiger partial charge on any atom is 0.416 e. The topological polar surface area (TPSA) is 47.6 Å². The molecule has 1 rings (SSSR count). The van der Waals surface area contributed by atoms with Crippen LogP contribution < -0.4 is 10.6 Å². The fraction of sp³-hybridized carbons (Fsp3) is 0.222. The van der Waals surface area contributed by atoms with E-state index in [1.54, 1.807) is 7.85 Å².